The fourth-order valence-corrected chi connectivity index (χ4v) is 3.20. The highest BCUT2D eigenvalue weighted by atomic mass is 32.1. The first-order chi connectivity index (χ1) is 9.24. The van der Waals surface area contributed by atoms with Gasteiger partial charge in [0.25, 0.3) is 0 Å². The first-order valence-electron chi connectivity index (χ1n) is 6.28. The van der Waals surface area contributed by atoms with Gasteiger partial charge in [-0.1, -0.05) is 12.1 Å². The molecule has 1 unspecified atom stereocenters. The van der Waals surface area contributed by atoms with Gasteiger partial charge in [-0.05, 0) is 19.1 Å². The van der Waals surface area contributed by atoms with Crippen molar-refractivity contribution >= 4 is 11.3 Å². The molecule has 1 saturated heterocycles. The van der Waals surface area contributed by atoms with Gasteiger partial charge in [0.05, 0.1) is 24.9 Å². The molecule has 0 bridgehead atoms. The third-order valence-electron chi connectivity index (χ3n) is 3.13. The topological polar surface area (TPSA) is 34.1 Å². The van der Waals surface area contributed by atoms with E-state index >= 15 is 0 Å². The molecule has 1 atom stereocenters. The predicted molar refractivity (Wildman–Crippen MR) is 73.8 cm³/mol. The maximum Gasteiger partial charge on any atom is 0.123 e. The molecule has 1 aliphatic heterocycles. The van der Waals surface area contributed by atoms with Crippen LogP contribution in [0.1, 0.15) is 15.9 Å². The van der Waals surface area contributed by atoms with Crippen LogP contribution >= 0.6 is 11.3 Å². The minimum Gasteiger partial charge on any atom is -0.378 e. The van der Waals surface area contributed by atoms with E-state index in [0.717, 1.165) is 34.3 Å². The summed E-state index contributed by atoms with van der Waals surface area (Å²) in [4.78, 5) is 5.76. The Morgan fingerprint density at radius 1 is 1.47 bits per heavy atom. The molecular weight excluding hydrogens is 263 g/mol. The van der Waals surface area contributed by atoms with Gasteiger partial charge in [0.15, 0.2) is 0 Å². The number of morpholine rings is 1. The standard InChI is InChI=1S/C14H15FN2OS/c1-9-13(10-3-2-4-11(15)7-10)17-14(19-9)12-8-18-6-5-16-12/h2-4,7,12,16H,5-6,8H2,1H3. The summed E-state index contributed by atoms with van der Waals surface area (Å²) in [6.45, 7) is 4.26. The third-order valence-corrected chi connectivity index (χ3v) is 4.22. The Morgan fingerprint density at radius 3 is 3.11 bits per heavy atom. The molecule has 1 aromatic carbocycles. The lowest BCUT2D eigenvalue weighted by molar-refractivity contribution is 0.0768. The maximum absolute atomic E-state index is 13.3. The number of rotatable bonds is 2. The summed E-state index contributed by atoms with van der Waals surface area (Å²) in [6.07, 6.45) is 0. The van der Waals surface area contributed by atoms with Crippen LogP contribution in [0.3, 0.4) is 0 Å². The Bertz CT molecular complexity index is 579. The zero-order valence-electron chi connectivity index (χ0n) is 10.6. The van der Waals surface area contributed by atoms with Crippen LogP contribution in [-0.2, 0) is 4.74 Å². The van der Waals surface area contributed by atoms with Gasteiger partial charge < -0.3 is 10.1 Å². The van der Waals surface area contributed by atoms with Crippen molar-refractivity contribution in [3.8, 4) is 11.3 Å². The van der Waals surface area contributed by atoms with E-state index in [2.05, 4.69) is 10.3 Å². The molecule has 2 aromatic rings. The second-order valence-corrected chi connectivity index (χ2v) is 5.78. The van der Waals surface area contributed by atoms with E-state index < -0.39 is 0 Å². The van der Waals surface area contributed by atoms with Crippen molar-refractivity contribution < 1.29 is 9.13 Å². The molecule has 19 heavy (non-hydrogen) atoms. The Morgan fingerprint density at radius 2 is 2.37 bits per heavy atom. The summed E-state index contributed by atoms with van der Waals surface area (Å²) in [5.74, 6) is -0.231. The third kappa shape index (κ3) is 2.68. The molecule has 2 heterocycles. The van der Waals surface area contributed by atoms with Crippen molar-refractivity contribution in [3.63, 3.8) is 0 Å². The minimum atomic E-state index is -0.231. The zero-order valence-corrected chi connectivity index (χ0v) is 11.5. The molecule has 0 spiro atoms. The number of nitrogens with one attached hydrogen (secondary N) is 1. The van der Waals surface area contributed by atoms with Crippen LogP contribution in [0, 0.1) is 12.7 Å². The minimum absolute atomic E-state index is 0.153. The van der Waals surface area contributed by atoms with E-state index in [9.17, 15) is 4.39 Å². The number of nitrogens with zero attached hydrogens (tertiary/aromatic N) is 1. The molecule has 100 valence electrons. The smallest absolute Gasteiger partial charge is 0.123 e. The van der Waals surface area contributed by atoms with Crippen LogP contribution in [0.5, 0.6) is 0 Å². The van der Waals surface area contributed by atoms with Gasteiger partial charge in [0.1, 0.15) is 10.8 Å². The second-order valence-electron chi connectivity index (χ2n) is 4.55. The first-order valence-corrected chi connectivity index (χ1v) is 7.10. The van der Waals surface area contributed by atoms with Crippen LogP contribution in [-0.4, -0.2) is 24.7 Å². The Labute approximate surface area is 115 Å². The molecule has 1 aromatic heterocycles. The number of hydrogen-bond acceptors (Lipinski definition) is 4. The number of aromatic nitrogens is 1. The van der Waals surface area contributed by atoms with Gasteiger partial charge in [0.2, 0.25) is 0 Å². The summed E-state index contributed by atoms with van der Waals surface area (Å²) in [7, 11) is 0. The van der Waals surface area contributed by atoms with E-state index in [1.807, 2.05) is 13.0 Å². The fourth-order valence-electron chi connectivity index (χ4n) is 2.19. The van der Waals surface area contributed by atoms with Gasteiger partial charge in [-0.25, -0.2) is 9.37 Å². The summed E-state index contributed by atoms with van der Waals surface area (Å²) >= 11 is 1.65. The highest BCUT2D eigenvalue weighted by Crippen LogP contribution is 2.31. The van der Waals surface area contributed by atoms with Crippen molar-refractivity contribution in [1.29, 1.82) is 0 Å². The van der Waals surface area contributed by atoms with E-state index in [1.165, 1.54) is 12.1 Å². The number of aryl methyl sites for hydroxylation is 1. The average Bonchev–Trinajstić information content (AvgIpc) is 2.82. The van der Waals surface area contributed by atoms with Gasteiger partial charge in [-0.2, -0.15) is 0 Å². The second kappa shape index (κ2) is 5.36. The molecular formula is C14H15FN2OS. The summed E-state index contributed by atoms with van der Waals surface area (Å²) in [5.41, 5.74) is 1.70. The lowest BCUT2D eigenvalue weighted by atomic mass is 10.1. The van der Waals surface area contributed by atoms with Gasteiger partial charge in [-0.15, -0.1) is 11.3 Å². The largest absolute Gasteiger partial charge is 0.378 e. The molecule has 0 aliphatic carbocycles. The van der Waals surface area contributed by atoms with E-state index in [0.29, 0.717) is 6.61 Å². The van der Waals surface area contributed by atoms with Crippen molar-refractivity contribution in [1.82, 2.24) is 10.3 Å². The highest BCUT2D eigenvalue weighted by molar-refractivity contribution is 7.12. The van der Waals surface area contributed by atoms with E-state index in [1.54, 1.807) is 17.4 Å². The molecule has 1 fully saturated rings. The predicted octanol–water partition coefficient (Wildman–Crippen LogP) is 2.92. The number of halogens is 1. The van der Waals surface area contributed by atoms with Gasteiger partial charge in [0, 0.05) is 17.0 Å². The van der Waals surface area contributed by atoms with E-state index in [-0.39, 0.29) is 11.9 Å². The Hall–Kier alpha value is -1.30. The molecule has 3 nitrogen and oxygen atoms in total. The summed E-state index contributed by atoms with van der Waals surface area (Å²) in [6, 6.07) is 6.73. The zero-order chi connectivity index (χ0) is 13.2. The monoisotopic (exact) mass is 278 g/mol. The number of hydrogen-bond donors (Lipinski definition) is 1. The highest BCUT2D eigenvalue weighted by Gasteiger charge is 2.20. The average molecular weight is 278 g/mol. The molecule has 0 saturated carbocycles. The van der Waals surface area contributed by atoms with Crippen molar-refractivity contribution in [2.45, 2.75) is 13.0 Å². The number of thiazole rings is 1. The fraction of sp³-hybridized carbons (Fsp3) is 0.357. The van der Waals surface area contributed by atoms with Crippen LogP contribution in [0.4, 0.5) is 4.39 Å². The van der Waals surface area contributed by atoms with Crippen molar-refractivity contribution in [2.75, 3.05) is 19.8 Å². The van der Waals surface area contributed by atoms with Crippen molar-refractivity contribution in [2.24, 2.45) is 0 Å². The molecule has 0 amide bonds. The number of benzene rings is 1. The Kier molecular flexibility index (Phi) is 3.59. The van der Waals surface area contributed by atoms with Crippen LogP contribution < -0.4 is 5.32 Å². The quantitative estimate of drug-likeness (QED) is 0.917. The molecule has 1 N–H and O–H groups in total. The van der Waals surface area contributed by atoms with E-state index in [4.69, 9.17) is 4.74 Å². The first kappa shape index (κ1) is 12.7. The lowest BCUT2D eigenvalue weighted by Crippen LogP contribution is -2.34. The SMILES string of the molecule is Cc1sc(C2COCCN2)nc1-c1cccc(F)c1. The van der Waals surface area contributed by atoms with Gasteiger partial charge >= 0.3 is 0 Å². The Balaban J connectivity index is 1.92. The van der Waals surface area contributed by atoms with Crippen LogP contribution in [0.2, 0.25) is 0 Å². The molecule has 1 aliphatic rings. The van der Waals surface area contributed by atoms with Crippen LogP contribution in [0.25, 0.3) is 11.3 Å². The maximum atomic E-state index is 13.3. The molecule has 0 radical (unpaired) electrons. The lowest BCUT2D eigenvalue weighted by Gasteiger charge is -2.21. The normalized spacial score (nSPS) is 19.6. The summed E-state index contributed by atoms with van der Waals surface area (Å²) < 4.78 is 18.7. The van der Waals surface area contributed by atoms with Gasteiger partial charge in [-0.3, -0.25) is 0 Å². The number of ether oxygens (including phenoxy) is 1. The molecule has 5 heteroatoms. The summed E-state index contributed by atoms with van der Waals surface area (Å²) in [5, 5.41) is 4.40. The van der Waals surface area contributed by atoms with Crippen molar-refractivity contribution in [3.05, 3.63) is 40.0 Å². The molecule has 3 rings (SSSR count). The van der Waals surface area contributed by atoms with Crippen LogP contribution in [0.15, 0.2) is 24.3 Å².